The zero-order chi connectivity index (χ0) is 22.4. The number of rotatable bonds is 6. The number of ether oxygens (including phenoxy) is 1. The van der Waals surface area contributed by atoms with Crippen molar-refractivity contribution in [3.63, 3.8) is 0 Å². The molecular weight excluding hydrogens is 394 g/mol. The Balaban J connectivity index is 1.42. The van der Waals surface area contributed by atoms with Crippen LogP contribution in [0.4, 0.5) is 10.5 Å². The molecule has 0 radical (unpaired) electrons. The van der Waals surface area contributed by atoms with Crippen LogP contribution in [0.2, 0.25) is 0 Å². The number of amidine groups is 1. The molecule has 2 heterocycles. The van der Waals surface area contributed by atoms with E-state index in [0.29, 0.717) is 44.1 Å². The molecule has 2 fully saturated rings. The van der Waals surface area contributed by atoms with E-state index in [2.05, 4.69) is 4.90 Å². The lowest BCUT2D eigenvalue weighted by molar-refractivity contribution is -0.149. The number of carbonyl (C=O) groups excluding carboxylic acids is 2. The number of nitrogen functional groups attached to an aromatic ring is 1. The number of anilines is 1. The van der Waals surface area contributed by atoms with Crippen molar-refractivity contribution >= 4 is 23.5 Å². The average Bonchev–Trinajstić information content (AvgIpc) is 2.79. The van der Waals surface area contributed by atoms with E-state index in [1.54, 1.807) is 0 Å². The second-order valence-electron chi connectivity index (χ2n) is 8.56. The summed E-state index contributed by atoms with van der Waals surface area (Å²) in [7, 11) is 0. The van der Waals surface area contributed by atoms with E-state index in [1.807, 2.05) is 47.9 Å². The number of esters is 1. The minimum absolute atomic E-state index is 0.0279. The Kier molecular flexibility index (Phi) is 7.76. The Morgan fingerprint density at radius 1 is 1.06 bits per heavy atom. The fraction of sp³-hybridized carbons (Fsp3) is 0.609. The topological polar surface area (TPSA) is 103 Å². The lowest BCUT2D eigenvalue weighted by Crippen LogP contribution is -2.54. The van der Waals surface area contributed by atoms with E-state index in [-0.39, 0.29) is 23.9 Å². The Labute approximate surface area is 184 Å². The second-order valence-corrected chi connectivity index (χ2v) is 8.56. The third-order valence-corrected chi connectivity index (χ3v) is 6.34. The standard InChI is InChI=1S/C23H35N5O3/c1-3-17(2)31-21(29)16-18-8-10-27(11-9-18)23(30)28-14-12-26(13-15-28)20-6-4-19(5-7-20)22(24)25/h4-7,17-18H,3,8-16H2,1-2H3,(H3,24,25)/t17-/m1/s1. The van der Waals surface area contributed by atoms with Crippen LogP contribution < -0.4 is 10.6 Å². The molecule has 0 bridgehead atoms. The molecule has 1 aromatic carbocycles. The number of nitrogens with two attached hydrogens (primary N) is 1. The highest BCUT2D eigenvalue weighted by Crippen LogP contribution is 2.23. The van der Waals surface area contributed by atoms with E-state index in [4.69, 9.17) is 15.9 Å². The molecule has 3 N–H and O–H groups in total. The molecule has 2 saturated heterocycles. The normalized spacial score (nSPS) is 18.6. The zero-order valence-electron chi connectivity index (χ0n) is 18.7. The first kappa shape index (κ1) is 22.9. The van der Waals surface area contributed by atoms with Crippen molar-refractivity contribution < 1.29 is 14.3 Å². The summed E-state index contributed by atoms with van der Waals surface area (Å²) in [6.07, 6.45) is 2.96. The quantitative estimate of drug-likeness (QED) is 0.411. The van der Waals surface area contributed by atoms with E-state index in [9.17, 15) is 9.59 Å². The Bertz CT molecular complexity index is 766. The highest BCUT2D eigenvalue weighted by atomic mass is 16.5. The number of carbonyl (C=O) groups is 2. The molecule has 1 aromatic rings. The van der Waals surface area contributed by atoms with Gasteiger partial charge in [0.25, 0.3) is 0 Å². The number of hydrogen-bond donors (Lipinski definition) is 2. The molecule has 170 valence electrons. The summed E-state index contributed by atoms with van der Waals surface area (Å²) in [5.41, 5.74) is 7.32. The van der Waals surface area contributed by atoms with Gasteiger partial charge < -0.3 is 25.2 Å². The lowest BCUT2D eigenvalue weighted by atomic mass is 9.94. The predicted octanol–water partition coefficient (Wildman–Crippen LogP) is 2.66. The zero-order valence-corrected chi connectivity index (χ0v) is 18.7. The monoisotopic (exact) mass is 429 g/mol. The summed E-state index contributed by atoms with van der Waals surface area (Å²) in [5.74, 6) is 0.250. The van der Waals surface area contributed by atoms with Gasteiger partial charge in [0.2, 0.25) is 0 Å². The van der Waals surface area contributed by atoms with Crippen molar-refractivity contribution in [3.8, 4) is 0 Å². The maximum absolute atomic E-state index is 12.9. The molecule has 0 unspecified atom stereocenters. The highest BCUT2D eigenvalue weighted by molar-refractivity contribution is 5.95. The number of hydrogen-bond acceptors (Lipinski definition) is 5. The molecule has 0 aromatic heterocycles. The average molecular weight is 430 g/mol. The van der Waals surface area contributed by atoms with E-state index in [0.717, 1.165) is 38.0 Å². The first-order chi connectivity index (χ1) is 14.9. The van der Waals surface area contributed by atoms with Crippen molar-refractivity contribution in [1.29, 1.82) is 5.41 Å². The van der Waals surface area contributed by atoms with Gasteiger partial charge in [-0.15, -0.1) is 0 Å². The second kappa shape index (κ2) is 10.5. The minimum atomic E-state index is -0.119. The number of urea groups is 1. The Hall–Kier alpha value is -2.77. The van der Waals surface area contributed by atoms with Crippen molar-refractivity contribution in [2.45, 2.75) is 45.6 Å². The highest BCUT2D eigenvalue weighted by Gasteiger charge is 2.29. The van der Waals surface area contributed by atoms with Gasteiger partial charge in [-0.3, -0.25) is 10.2 Å². The number of likely N-dealkylation sites (tertiary alicyclic amines) is 1. The van der Waals surface area contributed by atoms with Gasteiger partial charge in [-0.25, -0.2) is 4.79 Å². The van der Waals surface area contributed by atoms with Gasteiger partial charge in [-0.1, -0.05) is 6.92 Å². The van der Waals surface area contributed by atoms with Gasteiger partial charge >= 0.3 is 12.0 Å². The summed E-state index contributed by atoms with van der Waals surface area (Å²) < 4.78 is 5.39. The number of benzene rings is 1. The van der Waals surface area contributed by atoms with Gasteiger partial charge in [-0.05, 0) is 56.4 Å². The van der Waals surface area contributed by atoms with Crippen LogP contribution in [0.15, 0.2) is 24.3 Å². The summed E-state index contributed by atoms with van der Waals surface area (Å²) in [4.78, 5) is 31.0. The van der Waals surface area contributed by atoms with Crippen LogP contribution in [0.25, 0.3) is 0 Å². The maximum Gasteiger partial charge on any atom is 0.320 e. The molecular formula is C23H35N5O3. The van der Waals surface area contributed by atoms with Crippen molar-refractivity contribution in [1.82, 2.24) is 9.80 Å². The van der Waals surface area contributed by atoms with Crippen LogP contribution in [0, 0.1) is 11.3 Å². The van der Waals surface area contributed by atoms with Gasteiger partial charge in [-0.2, -0.15) is 0 Å². The van der Waals surface area contributed by atoms with E-state index >= 15 is 0 Å². The lowest BCUT2D eigenvalue weighted by Gasteiger charge is -2.40. The third kappa shape index (κ3) is 6.12. The smallest absolute Gasteiger partial charge is 0.320 e. The van der Waals surface area contributed by atoms with Crippen molar-refractivity contribution in [2.75, 3.05) is 44.2 Å². The summed E-state index contributed by atoms with van der Waals surface area (Å²) >= 11 is 0. The van der Waals surface area contributed by atoms with Crippen LogP contribution in [0.5, 0.6) is 0 Å². The summed E-state index contributed by atoms with van der Waals surface area (Å²) in [5, 5.41) is 7.49. The molecule has 2 amide bonds. The predicted molar refractivity (Wildman–Crippen MR) is 121 cm³/mol. The van der Waals surface area contributed by atoms with Gasteiger partial charge in [0, 0.05) is 56.9 Å². The van der Waals surface area contributed by atoms with Crippen LogP contribution in [0.3, 0.4) is 0 Å². The van der Waals surface area contributed by atoms with E-state index < -0.39 is 0 Å². The number of nitrogens with zero attached hydrogens (tertiary/aromatic N) is 3. The SMILES string of the molecule is CC[C@@H](C)OC(=O)CC1CCN(C(=O)N2CCN(c3ccc(C(=N)N)cc3)CC2)CC1. The molecule has 2 aliphatic heterocycles. The number of nitrogens with one attached hydrogen (secondary N) is 1. The molecule has 0 aliphatic carbocycles. The maximum atomic E-state index is 12.9. The van der Waals surface area contributed by atoms with Gasteiger partial charge in [0.15, 0.2) is 0 Å². The first-order valence-corrected chi connectivity index (χ1v) is 11.3. The first-order valence-electron chi connectivity index (χ1n) is 11.3. The molecule has 31 heavy (non-hydrogen) atoms. The van der Waals surface area contributed by atoms with Crippen LogP contribution >= 0.6 is 0 Å². The summed E-state index contributed by atoms with van der Waals surface area (Å²) in [6.45, 7) is 8.26. The van der Waals surface area contributed by atoms with E-state index in [1.165, 1.54) is 0 Å². The molecule has 1 atom stereocenters. The minimum Gasteiger partial charge on any atom is -0.463 e. The molecule has 8 heteroatoms. The molecule has 0 spiro atoms. The molecule has 8 nitrogen and oxygen atoms in total. The fourth-order valence-electron chi connectivity index (χ4n) is 4.13. The van der Waals surface area contributed by atoms with Crippen LogP contribution in [0.1, 0.15) is 45.1 Å². The third-order valence-electron chi connectivity index (χ3n) is 6.34. The summed E-state index contributed by atoms with van der Waals surface area (Å²) in [6, 6.07) is 7.78. The molecule has 0 saturated carbocycles. The number of piperazine rings is 1. The largest absolute Gasteiger partial charge is 0.463 e. The fourth-order valence-corrected chi connectivity index (χ4v) is 4.13. The van der Waals surface area contributed by atoms with Crippen molar-refractivity contribution in [2.24, 2.45) is 11.7 Å². The van der Waals surface area contributed by atoms with Gasteiger partial charge in [0.1, 0.15) is 5.84 Å². The molecule has 2 aliphatic rings. The van der Waals surface area contributed by atoms with Crippen molar-refractivity contribution in [3.05, 3.63) is 29.8 Å². The number of piperidine rings is 1. The number of amides is 2. The Morgan fingerprint density at radius 2 is 1.65 bits per heavy atom. The molecule has 3 rings (SSSR count). The van der Waals surface area contributed by atoms with Crippen LogP contribution in [-0.2, 0) is 9.53 Å². The Morgan fingerprint density at radius 3 is 2.19 bits per heavy atom. The van der Waals surface area contributed by atoms with Crippen LogP contribution in [-0.4, -0.2) is 73.0 Å². The van der Waals surface area contributed by atoms with Gasteiger partial charge in [0.05, 0.1) is 6.10 Å².